The fourth-order valence-corrected chi connectivity index (χ4v) is 2.63. The highest BCUT2D eigenvalue weighted by molar-refractivity contribution is 5.60. The highest BCUT2D eigenvalue weighted by Crippen LogP contribution is 2.15. The van der Waals surface area contributed by atoms with Crippen molar-refractivity contribution in [2.45, 2.75) is 96.8 Å². The van der Waals surface area contributed by atoms with Crippen LogP contribution in [0.5, 0.6) is 0 Å². The fourth-order valence-electron chi connectivity index (χ4n) is 2.63. The molecule has 4 nitrogen and oxygen atoms in total. The number of rotatable bonds is 10. The van der Waals surface area contributed by atoms with Gasteiger partial charge in [0.15, 0.2) is 6.23 Å². The molecule has 1 radical (unpaired) electrons. The molecule has 1 aliphatic rings. The summed E-state index contributed by atoms with van der Waals surface area (Å²) in [6.45, 7) is 5.08. The van der Waals surface area contributed by atoms with Crippen LogP contribution in [0.15, 0.2) is 0 Å². The molecule has 4 heteroatoms. The summed E-state index contributed by atoms with van der Waals surface area (Å²) >= 11 is 0. The SMILES string of the molecule is CCCCCCCCC(CC)OC(=O)OC1CCCC[N]1. The Hall–Kier alpha value is -0.770. The molecule has 0 aliphatic carbocycles. The van der Waals surface area contributed by atoms with Gasteiger partial charge in [-0.2, -0.15) is 0 Å². The number of ether oxygens (including phenoxy) is 2. The van der Waals surface area contributed by atoms with Crippen molar-refractivity contribution >= 4 is 6.16 Å². The molecule has 0 saturated carbocycles. The quantitative estimate of drug-likeness (QED) is 0.430. The minimum atomic E-state index is -0.538. The molecule has 0 aromatic carbocycles. The molecule has 2 unspecified atom stereocenters. The lowest BCUT2D eigenvalue weighted by Gasteiger charge is -2.23. The van der Waals surface area contributed by atoms with Gasteiger partial charge in [-0.3, -0.25) is 0 Å². The minimum Gasteiger partial charge on any atom is -0.431 e. The molecule has 1 heterocycles. The lowest BCUT2D eigenvalue weighted by Crippen LogP contribution is -2.33. The standard InChI is InChI=1S/C17H32NO3/c1-3-5-6-7-8-9-12-15(4-2)20-17(19)21-16-13-10-11-14-18-16/h15-16H,3-14H2,1-2H3. The first-order chi connectivity index (χ1) is 10.3. The first-order valence-electron chi connectivity index (χ1n) is 8.80. The van der Waals surface area contributed by atoms with Crippen LogP contribution in [0.25, 0.3) is 0 Å². The number of nitrogens with zero attached hydrogens (tertiary/aromatic N) is 1. The summed E-state index contributed by atoms with van der Waals surface area (Å²) in [5.41, 5.74) is 0. The molecule has 1 aliphatic heterocycles. The van der Waals surface area contributed by atoms with Gasteiger partial charge in [-0.1, -0.05) is 46.0 Å². The van der Waals surface area contributed by atoms with Crippen molar-refractivity contribution < 1.29 is 14.3 Å². The molecule has 0 spiro atoms. The first-order valence-corrected chi connectivity index (χ1v) is 8.80. The van der Waals surface area contributed by atoms with Crippen molar-refractivity contribution in [2.75, 3.05) is 6.54 Å². The molecule has 0 aromatic heterocycles. The summed E-state index contributed by atoms with van der Waals surface area (Å²) < 4.78 is 10.7. The van der Waals surface area contributed by atoms with Crippen molar-refractivity contribution in [1.82, 2.24) is 5.32 Å². The van der Waals surface area contributed by atoms with Crippen LogP contribution in [-0.2, 0) is 9.47 Å². The van der Waals surface area contributed by atoms with Gasteiger partial charge in [-0.15, -0.1) is 0 Å². The molecule has 0 aromatic rings. The molecule has 0 N–H and O–H groups in total. The molecule has 1 saturated heterocycles. The Kier molecular flexibility index (Phi) is 10.3. The Morgan fingerprint density at radius 3 is 2.57 bits per heavy atom. The number of unbranched alkanes of at least 4 members (excludes halogenated alkanes) is 5. The monoisotopic (exact) mass is 298 g/mol. The maximum atomic E-state index is 11.8. The van der Waals surface area contributed by atoms with Gasteiger partial charge >= 0.3 is 6.16 Å². The lowest BCUT2D eigenvalue weighted by atomic mass is 10.1. The van der Waals surface area contributed by atoms with Crippen LogP contribution in [0.2, 0.25) is 0 Å². The van der Waals surface area contributed by atoms with Crippen LogP contribution in [-0.4, -0.2) is 25.0 Å². The van der Waals surface area contributed by atoms with Crippen molar-refractivity contribution in [3.63, 3.8) is 0 Å². The van der Waals surface area contributed by atoms with E-state index in [0.717, 1.165) is 45.1 Å². The van der Waals surface area contributed by atoms with Crippen LogP contribution < -0.4 is 5.32 Å². The van der Waals surface area contributed by atoms with Crippen LogP contribution >= 0.6 is 0 Å². The van der Waals surface area contributed by atoms with Gasteiger partial charge in [0.25, 0.3) is 0 Å². The second kappa shape index (κ2) is 11.8. The lowest BCUT2D eigenvalue weighted by molar-refractivity contribution is -0.0222. The van der Waals surface area contributed by atoms with E-state index in [1.165, 1.54) is 32.1 Å². The third kappa shape index (κ3) is 8.97. The Bertz CT molecular complexity index is 265. The second-order valence-electron chi connectivity index (χ2n) is 5.93. The first kappa shape index (κ1) is 18.3. The third-order valence-electron chi connectivity index (χ3n) is 4.02. The number of hydrogen-bond acceptors (Lipinski definition) is 3. The number of carbonyl (C=O) groups excluding carboxylic acids is 1. The maximum Gasteiger partial charge on any atom is 0.510 e. The number of carbonyl (C=O) groups is 1. The molecule has 1 fully saturated rings. The zero-order valence-corrected chi connectivity index (χ0v) is 13.8. The number of piperidine rings is 1. The third-order valence-corrected chi connectivity index (χ3v) is 4.02. The Labute approximate surface area is 130 Å². The normalized spacial score (nSPS) is 20.0. The molecular formula is C17H32NO3. The van der Waals surface area contributed by atoms with Gasteiger partial charge in [0.2, 0.25) is 0 Å². The van der Waals surface area contributed by atoms with Crippen LogP contribution in [0.3, 0.4) is 0 Å². The van der Waals surface area contributed by atoms with E-state index in [4.69, 9.17) is 9.47 Å². The predicted octanol–water partition coefficient (Wildman–Crippen LogP) is 4.78. The van der Waals surface area contributed by atoms with Crippen molar-refractivity contribution in [2.24, 2.45) is 0 Å². The maximum absolute atomic E-state index is 11.8. The molecule has 0 bridgehead atoms. The summed E-state index contributed by atoms with van der Waals surface area (Å²) in [7, 11) is 0. The van der Waals surface area contributed by atoms with Gasteiger partial charge in [0.1, 0.15) is 6.10 Å². The van der Waals surface area contributed by atoms with E-state index in [1.807, 2.05) is 0 Å². The molecule has 21 heavy (non-hydrogen) atoms. The topological polar surface area (TPSA) is 49.6 Å². The largest absolute Gasteiger partial charge is 0.510 e. The molecule has 2 atom stereocenters. The van der Waals surface area contributed by atoms with E-state index in [9.17, 15) is 4.79 Å². The molecule has 1 rings (SSSR count). The Morgan fingerprint density at radius 1 is 1.14 bits per heavy atom. The summed E-state index contributed by atoms with van der Waals surface area (Å²) in [6.07, 6.45) is 11.6. The van der Waals surface area contributed by atoms with Crippen molar-refractivity contribution in [3.05, 3.63) is 0 Å². The van der Waals surface area contributed by atoms with Gasteiger partial charge in [0, 0.05) is 6.54 Å². The van der Waals surface area contributed by atoms with E-state index >= 15 is 0 Å². The van der Waals surface area contributed by atoms with Crippen LogP contribution in [0, 0.1) is 0 Å². The van der Waals surface area contributed by atoms with Gasteiger partial charge in [0.05, 0.1) is 0 Å². The average molecular weight is 298 g/mol. The molecular weight excluding hydrogens is 266 g/mol. The van der Waals surface area contributed by atoms with Crippen molar-refractivity contribution in [3.8, 4) is 0 Å². The Morgan fingerprint density at radius 2 is 1.90 bits per heavy atom. The zero-order valence-electron chi connectivity index (χ0n) is 13.8. The second-order valence-corrected chi connectivity index (χ2v) is 5.93. The smallest absolute Gasteiger partial charge is 0.431 e. The summed E-state index contributed by atoms with van der Waals surface area (Å²) in [5.74, 6) is 0. The summed E-state index contributed by atoms with van der Waals surface area (Å²) in [5, 5.41) is 4.28. The van der Waals surface area contributed by atoms with Gasteiger partial charge in [-0.05, 0) is 38.5 Å². The van der Waals surface area contributed by atoms with Crippen molar-refractivity contribution in [1.29, 1.82) is 0 Å². The summed E-state index contributed by atoms with van der Waals surface area (Å²) in [4.78, 5) is 11.8. The number of hydrogen-bond donors (Lipinski definition) is 0. The van der Waals surface area contributed by atoms with E-state index < -0.39 is 6.16 Å². The molecule has 123 valence electrons. The van der Waals surface area contributed by atoms with E-state index in [1.54, 1.807) is 0 Å². The summed E-state index contributed by atoms with van der Waals surface area (Å²) in [6, 6.07) is 0. The van der Waals surface area contributed by atoms with E-state index in [2.05, 4.69) is 19.2 Å². The Balaban J connectivity index is 2.09. The van der Waals surface area contributed by atoms with E-state index in [-0.39, 0.29) is 12.3 Å². The molecule has 0 amide bonds. The van der Waals surface area contributed by atoms with E-state index in [0.29, 0.717) is 0 Å². The van der Waals surface area contributed by atoms with Gasteiger partial charge in [-0.25, -0.2) is 10.1 Å². The zero-order chi connectivity index (χ0) is 15.3. The fraction of sp³-hybridized carbons (Fsp3) is 0.941. The average Bonchev–Trinajstić information content (AvgIpc) is 2.50. The van der Waals surface area contributed by atoms with Gasteiger partial charge < -0.3 is 9.47 Å². The highest BCUT2D eigenvalue weighted by atomic mass is 16.7. The van der Waals surface area contributed by atoms with Crippen LogP contribution in [0.1, 0.15) is 84.5 Å². The highest BCUT2D eigenvalue weighted by Gasteiger charge is 2.21. The van der Waals surface area contributed by atoms with Crippen LogP contribution in [0.4, 0.5) is 4.79 Å². The minimum absolute atomic E-state index is 0.00716. The predicted molar refractivity (Wildman–Crippen MR) is 84.3 cm³/mol.